The van der Waals surface area contributed by atoms with E-state index in [4.69, 9.17) is 9.15 Å². The molecule has 3 heterocycles. The molecule has 2 fully saturated rings. The van der Waals surface area contributed by atoms with Gasteiger partial charge in [-0.15, -0.1) is 0 Å². The minimum absolute atomic E-state index is 0.00183. The molecule has 1 aromatic heterocycles. The first-order chi connectivity index (χ1) is 13.1. The molecule has 2 amide bonds. The van der Waals surface area contributed by atoms with Crippen molar-refractivity contribution >= 4 is 27.9 Å². The van der Waals surface area contributed by atoms with Crippen LogP contribution < -0.4 is 0 Å². The Balaban J connectivity index is 1.31. The zero-order chi connectivity index (χ0) is 18.5. The lowest BCUT2D eigenvalue weighted by molar-refractivity contribution is 0.0605. The van der Waals surface area contributed by atoms with Crippen LogP contribution in [0.2, 0.25) is 0 Å². The summed E-state index contributed by atoms with van der Waals surface area (Å²) >= 11 is 3.23. The topological polar surface area (TPSA) is 63.0 Å². The van der Waals surface area contributed by atoms with Crippen molar-refractivity contribution in [2.45, 2.75) is 37.5 Å². The summed E-state index contributed by atoms with van der Waals surface area (Å²) < 4.78 is 11.6. The smallest absolute Gasteiger partial charge is 0.411 e. The van der Waals surface area contributed by atoms with E-state index >= 15 is 0 Å². The Morgan fingerprint density at radius 2 is 1.89 bits per heavy atom. The first kappa shape index (κ1) is 16.9. The fourth-order valence-corrected chi connectivity index (χ4v) is 4.89. The fraction of sp³-hybridized carbons (Fsp3) is 0.400. The Hall–Kier alpha value is -2.28. The van der Waals surface area contributed by atoms with Crippen molar-refractivity contribution in [2.75, 3.05) is 13.1 Å². The normalized spacial score (nSPS) is 24.7. The molecule has 2 aromatic rings. The second kappa shape index (κ2) is 6.41. The molecule has 0 bridgehead atoms. The third-order valence-corrected chi connectivity index (χ3v) is 6.26. The van der Waals surface area contributed by atoms with Gasteiger partial charge in [-0.05, 0) is 52.0 Å². The van der Waals surface area contributed by atoms with Crippen LogP contribution in [0, 0.1) is 0 Å². The molecule has 3 aliphatic rings. The van der Waals surface area contributed by atoms with Crippen molar-refractivity contribution in [3.05, 3.63) is 58.0 Å². The number of amides is 2. The van der Waals surface area contributed by atoms with Gasteiger partial charge in [0, 0.05) is 25.6 Å². The van der Waals surface area contributed by atoms with E-state index in [9.17, 15) is 9.59 Å². The van der Waals surface area contributed by atoms with E-state index in [1.807, 2.05) is 17.0 Å². The monoisotopic (exact) mass is 430 g/mol. The Labute approximate surface area is 165 Å². The van der Waals surface area contributed by atoms with Gasteiger partial charge in [-0.25, -0.2) is 4.79 Å². The van der Waals surface area contributed by atoms with E-state index in [0.717, 1.165) is 19.3 Å². The van der Waals surface area contributed by atoms with Gasteiger partial charge in [0.1, 0.15) is 6.10 Å². The molecule has 0 unspecified atom stereocenters. The van der Waals surface area contributed by atoms with Crippen LogP contribution in [0.5, 0.6) is 0 Å². The molecule has 0 saturated carbocycles. The molecular formula is C20H19BrN2O4. The van der Waals surface area contributed by atoms with Gasteiger partial charge in [0.05, 0.1) is 6.04 Å². The molecule has 2 aliphatic heterocycles. The highest BCUT2D eigenvalue weighted by Crippen LogP contribution is 2.44. The number of carbonyl (C=O) groups is 2. The summed E-state index contributed by atoms with van der Waals surface area (Å²) in [7, 11) is 0. The van der Waals surface area contributed by atoms with Gasteiger partial charge in [0.25, 0.3) is 5.91 Å². The minimum atomic E-state index is -0.223. The summed E-state index contributed by atoms with van der Waals surface area (Å²) in [6.45, 7) is 1.20. The van der Waals surface area contributed by atoms with Crippen LogP contribution in [0.1, 0.15) is 40.6 Å². The van der Waals surface area contributed by atoms with Crippen LogP contribution in [0.25, 0.3) is 0 Å². The lowest BCUT2D eigenvalue weighted by Crippen LogP contribution is -2.47. The number of ether oxygens (including phenoxy) is 1. The predicted molar refractivity (Wildman–Crippen MR) is 100 cm³/mol. The number of fused-ring (bicyclic) bond motifs is 3. The summed E-state index contributed by atoms with van der Waals surface area (Å²) in [4.78, 5) is 28.8. The number of hydrogen-bond acceptors (Lipinski definition) is 4. The number of halogens is 1. The molecule has 0 N–H and O–H groups in total. The molecule has 6 nitrogen and oxygen atoms in total. The standard InChI is InChI=1S/C20H19BrN2O4/c21-17-6-5-15(26-17)19(24)22-9-7-13(8-10-22)23-18-14-4-2-1-3-12(14)11-16(18)27-20(23)25/h1-6,13,16,18H,7-11H2/t16-,18+/m0/s1. The average Bonchev–Trinajstić information content (AvgIpc) is 3.34. The van der Waals surface area contributed by atoms with Gasteiger partial charge < -0.3 is 14.1 Å². The Bertz CT molecular complexity index is 903. The summed E-state index contributed by atoms with van der Waals surface area (Å²) in [5.74, 6) is 0.234. The summed E-state index contributed by atoms with van der Waals surface area (Å²) in [6, 6.07) is 11.8. The Kier molecular flexibility index (Phi) is 4.00. The largest absolute Gasteiger partial charge is 0.444 e. The number of piperidine rings is 1. The molecule has 2 saturated heterocycles. The highest BCUT2D eigenvalue weighted by molar-refractivity contribution is 9.10. The molecule has 27 heavy (non-hydrogen) atoms. The number of rotatable bonds is 2. The first-order valence-electron chi connectivity index (χ1n) is 9.23. The number of nitrogens with zero attached hydrogens (tertiary/aromatic N) is 2. The maximum absolute atomic E-state index is 12.6. The lowest BCUT2D eigenvalue weighted by atomic mass is 9.99. The second-order valence-electron chi connectivity index (χ2n) is 7.30. The van der Waals surface area contributed by atoms with Gasteiger partial charge >= 0.3 is 6.09 Å². The first-order valence-corrected chi connectivity index (χ1v) is 10.0. The highest BCUT2D eigenvalue weighted by atomic mass is 79.9. The van der Waals surface area contributed by atoms with Crippen LogP contribution in [-0.2, 0) is 11.2 Å². The van der Waals surface area contributed by atoms with Crippen LogP contribution in [0.4, 0.5) is 4.79 Å². The van der Waals surface area contributed by atoms with Crippen molar-refractivity contribution < 1.29 is 18.7 Å². The van der Waals surface area contributed by atoms with Crippen LogP contribution >= 0.6 is 15.9 Å². The van der Waals surface area contributed by atoms with Gasteiger partial charge in [0.2, 0.25) is 0 Å². The van der Waals surface area contributed by atoms with Gasteiger partial charge in [-0.3, -0.25) is 9.69 Å². The van der Waals surface area contributed by atoms with Crippen molar-refractivity contribution in [3.8, 4) is 0 Å². The molecule has 0 radical (unpaired) electrons. The SMILES string of the molecule is O=C(c1ccc(Br)o1)N1CCC(N2C(=O)O[C@H]3Cc4ccccc4[C@H]32)CC1. The fourth-order valence-electron chi connectivity index (χ4n) is 4.58. The number of benzene rings is 1. The third kappa shape index (κ3) is 2.76. The quantitative estimate of drug-likeness (QED) is 0.727. The average molecular weight is 431 g/mol. The molecule has 140 valence electrons. The van der Waals surface area contributed by atoms with Crippen molar-refractivity contribution in [1.29, 1.82) is 0 Å². The minimum Gasteiger partial charge on any atom is -0.444 e. The van der Waals surface area contributed by atoms with Crippen molar-refractivity contribution in [1.82, 2.24) is 9.80 Å². The van der Waals surface area contributed by atoms with Gasteiger partial charge in [-0.1, -0.05) is 24.3 Å². The zero-order valence-corrected chi connectivity index (χ0v) is 16.2. The second-order valence-corrected chi connectivity index (χ2v) is 8.09. The molecule has 2 atom stereocenters. The van der Waals surface area contributed by atoms with E-state index in [0.29, 0.717) is 23.5 Å². The van der Waals surface area contributed by atoms with Crippen molar-refractivity contribution in [2.24, 2.45) is 0 Å². The lowest BCUT2D eigenvalue weighted by Gasteiger charge is -2.37. The molecule has 7 heteroatoms. The van der Waals surface area contributed by atoms with Crippen molar-refractivity contribution in [3.63, 3.8) is 0 Å². The van der Waals surface area contributed by atoms with Gasteiger partial charge in [0.15, 0.2) is 10.4 Å². The third-order valence-electron chi connectivity index (χ3n) is 5.84. The number of hydrogen-bond donors (Lipinski definition) is 0. The van der Waals surface area contributed by atoms with Crippen LogP contribution in [0.3, 0.4) is 0 Å². The van der Waals surface area contributed by atoms with E-state index in [1.54, 1.807) is 17.0 Å². The Morgan fingerprint density at radius 1 is 1.11 bits per heavy atom. The molecule has 0 spiro atoms. The highest BCUT2D eigenvalue weighted by Gasteiger charge is 2.50. The van der Waals surface area contributed by atoms with E-state index in [-0.39, 0.29) is 30.2 Å². The van der Waals surface area contributed by atoms with E-state index in [2.05, 4.69) is 28.1 Å². The summed E-state index contributed by atoms with van der Waals surface area (Å²) in [6.07, 6.45) is 1.96. The number of likely N-dealkylation sites (tertiary alicyclic amines) is 1. The number of furan rings is 1. The maximum Gasteiger partial charge on any atom is 0.411 e. The molecular weight excluding hydrogens is 412 g/mol. The Morgan fingerprint density at radius 3 is 2.63 bits per heavy atom. The van der Waals surface area contributed by atoms with Gasteiger partial charge in [-0.2, -0.15) is 0 Å². The molecule has 5 rings (SSSR count). The molecule has 1 aliphatic carbocycles. The number of carbonyl (C=O) groups excluding carboxylic acids is 2. The summed E-state index contributed by atoms with van der Waals surface area (Å²) in [5.41, 5.74) is 2.47. The van der Waals surface area contributed by atoms with E-state index < -0.39 is 0 Å². The van der Waals surface area contributed by atoms with E-state index in [1.165, 1.54) is 11.1 Å². The molecule has 1 aromatic carbocycles. The zero-order valence-electron chi connectivity index (χ0n) is 14.6. The van der Waals surface area contributed by atoms with Crippen LogP contribution in [-0.4, -0.2) is 47.0 Å². The maximum atomic E-state index is 12.6. The predicted octanol–water partition coefficient (Wildman–Crippen LogP) is 3.76. The van der Waals surface area contributed by atoms with Crippen LogP contribution in [0.15, 0.2) is 45.5 Å². The summed E-state index contributed by atoms with van der Waals surface area (Å²) in [5, 5.41) is 0.